The van der Waals surface area contributed by atoms with E-state index in [1.54, 1.807) is 20.4 Å². The van der Waals surface area contributed by atoms with Crippen LogP contribution >= 0.6 is 24.0 Å². The Bertz CT molecular complexity index is 689. The maximum Gasteiger partial charge on any atom is 0.191 e. The lowest BCUT2D eigenvalue weighted by atomic mass is 10.1. The molecule has 1 aromatic heterocycles. The molecule has 0 saturated carbocycles. The summed E-state index contributed by atoms with van der Waals surface area (Å²) in [4.78, 5) is 10.7. The van der Waals surface area contributed by atoms with Crippen molar-refractivity contribution >= 4 is 35.8 Å². The Kier molecular flexibility index (Phi) is 9.79. The van der Waals surface area contributed by atoms with Gasteiger partial charge < -0.3 is 20.3 Å². The zero-order valence-electron chi connectivity index (χ0n) is 15.8. The minimum absolute atomic E-state index is 0. The minimum Gasteiger partial charge on any atom is -0.497 e. The van der Waals surface area contributed by atoms with Crippen molar-refractivity contribution in [3.8, 4) is 5.75 Å². The molecule has 142 valence electrons. The summed E-state index contributed by atoms with van der Waals surface area (Å²) in [6, 6.07) is 12.1. The second kappa shape index (κ2) is 11.6. The van der Waals surface area contributed by atoms with Crippen molar-refractivity contribution in [1.82, 2.24) is 15.6 Å². The summed E-state index contributed by atoms with van der Waals surface area (Å²) in [6.07, 6.45) is 2.72. The molecule has 0 aliphatic carbocycles. The van der Waals surface area contributed by atoms with Crippen LogP contribution in [-0.4, -0.2) is 45.7 Å². The quantitative estimate of drug-likeness (QED) is 0.371. The van der Waals surface area contributed by atoms with Gasteiger partial charge in [0.1, 0.15) is 11.6 Å². The Hall–Kier alpha value is -2.03. The molecule has 0 saturated heterocycles. The summed E-state index contributed by atoms with van der Waals surface area (Å²) in [5.41, 5.74) is 2.39. The van der Waals surface area contributed by atoms with E-state index < -0.39 is 0 Å². The molecule has 0 unspecified atom stereocenters. The second-order valence-corrected chi connectivity index (χ2v) is 5.83. The summed E-state index contributed by atoms with van der Waals surface area (Å²) in [5.74, 6) is 2.62. The average Bonchev–Trinajstić information content (AvgIpc) is 2.65. The highest BCUT2D eigenvalue weighted by atomic mass is 127. The van der Waals surface area contributed by atoms with Gasteiger partial charge >= 0.3 is 0 Å². The first kappa shape index (κ1) is 22.0. The van der Waals surface area contributed by atoms with E-state index in [2.05, 4.69) is 38.8 Å². The van der Waals surface area contributed by atoms with Gasteiger partial charge in [-0.1, -0.05) is 18.2 Å². The summed E-state index contributed by atoms with van der Waals surface area (Å²) >= 11 is 0. The predicted octanol–water partition coefficient (Wildman–Crippen LogP) is 2.68. The standard InChI is InChI=1S/C19H27N5O.HI/c1-20-19(22-13-11-15-7-9-17(25-4)10-8-15)23-14-16-6-5-12-21-18(16)24(2)3;/h5-10,12H,11,13-14H2,1-4H3,(H2,20,22,23);1H. The Balaban J connectivity index is 0.00000338. The maximum absolute atomic E-state index is 5.18. The Morgan fingerprint density at radius 1 is 1.15 bits per heavy atom. The van der Waals surface area contributed by atoms with Gasteiger partial charge in [-0.25, -0.2) is 4.98 Å². The molecule has 7 heteroatoms. The van der Waals surface area contributed by atoms with Crippen LogP contribution in [0, 0.1) is 0 Å². The highest BCUT2D eigenvalue weighted by Crippen LogP contribution is 2.14. The number of aliphatic imine (C=N–C) groups is 1. The third-order valence-electron chi connectivity index (χ3n) is 3.83. The number of anilines is 1. The number of guanidine groups is 1. The van der Waals surface area contributed by atoms with E-state index in [0.29, 0.717) is 6.54 Å². The number of halogens is 1. The molecule has 0 spiro atoms. The molecule has 26 heavy (non-hydrogen) atoms. The third-order valence-corrected chi connectivity index (χ3v) is 3.83. The van der Waals surface area contributed by atoms with Crippen molar-refractivity contribution in [2.24, 2.45) is 4.99 Å². The summed E-state index contributed by atoms with van der Waals surface area (Å²) < 4.78 is 5.18. The number of methoxy groups -OCH3 is 1. The molecule has 1 aromatic carbocycles. The number of benzene rings is 1. The van der Waals surface area contributed by atoms with E-state index in [0.717, 1.165) is 36.1 Å². The number of rotatable bonds is 7. The van der Waals surface area contributed by atoms with E-state index >= 15 is 0 Å². The third kappa shape index (κ3) is 6.70. The summed E-state index contributed by atoms with van der Waals surface area (Å²) in [5, 5.41) is 6.68. The van der Waals surface area contributed by atoms with Gasteiger partial charge in [0.05, 0.1) is 7.11 Å². The van der Waals surface area contributed by atoms with Gasteiger partial charge in [0.2, 0.25) is 0 Å². The molecule has 0 amide bonds. The first-order chi connectivity index (χ1) is 12.1. The molecule has 6 nitrogen and oxygen atoms in total. The monoisotopic (exact) mass is 469 g/mol. The van der Waals surface area contributed by atoms with Crippen LogP contribution in [0.5, 0.6) is 5.75 Å². The van der Waals surface area contributed by atoms with Crippen LogP contribution in [0.15, 0.2) is 47.6 Å². The molecule has 2 N–H and O–H groups in total. The summed E-state index contributed by atoms with van der Waals surface area (Å²) in [7, 11) is 7.44. The minimum atomic E-state index is 0. The van der Waals surface area contributed by atoms with Crippen LogP contribution in [0.2, 0.25) is 0 Å². The molecule has 2 rings (SSSR count). The van der Waals surface area contributed by atoms with Gasteiger partial charge in [0.15, 0.2) is 5.96 Å². The van der Waals surface area contributed by atoms with E-state index in [4.69, 9.17) is 4.74 Å². The molecular weight excluding hydrogens is 441 g/mol. The lowest BCUT2D eigenvalue weighted by Crippen LogP contribution is -2.38. The van der Waals surface area contributed by atoms with E-state index in [1.807, 2.05) is 37.2 Å². The fraction of sp³-hybridized carbons (Fsp3) is 0.368. The van der Waals surface area contributed by atoms with Crippen molar-refractivity contribution in [3.63, 3.8) is 0 Å². The molecule has 1 heterocycles. The van der Waals surface area contributed by atoms with Gasteiger partial charge in [0, 0.05) is 46.0 Å². The largest absolute Gasteiger partial charge is 0.497 e. The smallest absolute Gasteiger partial charge is 0.191 e. The van der Waals surface area contributed by atoms with E-state index in [1.165, 1.54) is 5.56 Å². The van der Waals surface area contributed by atoms with Gasteiger partial charge in [0.25, 0.3) is 0 Å². The molecule has 2 aromatic rings. The highest BCUT2D eigenvalue weighted by molar-refractivity contribution is 14.0. The number of aromatic nitrogens is 1. The zero-order valence-corrected chi connectivity index (χ0v) is 18.2. The Morgan fingerprint density at radius 3 is 2.50 bits per heavy atom. The Labute approximate surface area is 173 Å². The van der Waals surface area contributed by atoms with Crippen LogP contribution in [0.4, 0.5) is 5.82 Å². The molecule has 0 radical (unpaired) electrons. The number of hydrogen-bond acceptors (Lipinski definition) is 4. The van der Waals surface area contributed by atoms with Gasteiger partial charge in [-0.3, -0.25) is 4.99 Å². The molecule has 0 atom stereocenters. The van der Waals surface area contributed by atoms with Crippen molar-refractivity contribution in [2.45, 2.75) is 13.0 Å². The predicted molar refractivity (Wildman–Crippen MR) is 119 cm³/mol. The number of hydrogen-bond donors (Lipinski definition) is 2. The topological polar surface area (TPSA) is 61.8 Å². The average molecular weight is 469 g/mol. The van der Waals surface area contributed by atoms with E-state index in [9.17, 15) is 0 Å². The molecule has 0 aliphatic rings. The first-order valence-corrected chi connectivity index (χ1v) is 8.32. The molecular formula is C19H28IN5O. The maximum atomic E-state index is 5.18. The van der Waals surface area contributed by atoms with Crippen LogP contribution in [0.1, 0.15) is 11.1 Å². The normalized spacial score (nSPS) is 10.7. The van der Waals surface area contributed by atoms with E-state index in [-0.39, 0.29) is 24.0 Å². The fourth-order valence-corrected chi connectivity index (χ4v) is 2.49. The van der Waals surface area contributed by atoms with Crippen LogP contribution in [0.25, 0.3) is 0 Å². The van der Waals surface area contributed by atoms with Crippen molar-refractivity contribution in [3.05, 3.63) is 53.7 Å². The number of pyridine rings is 1. The van der Waals surface area contributed by atoms with Crippen LogP contribution in [-0.2, 0) is 13.0 Å². The molecule has 0 bridgehead atoms. The van der Waals surface area contributed by atoms with Crippen molar-refractivity contribution < 1.29 is 4.74 Å². The Morgan fingerprint density at radius 2 is 1.88 bits per heavy atom. The fourth-order valence-electron chi connectivity index (χ4n) is 2.49. The van der Waals surface area contributed by atoms with Crippen LogP contribution in [0.3, 0.4) is 0 Å². The number of nitrogens with one attached hydrogen (secondary N) is 2. The van der Waals surface area contributed by atoms with Gasteiger partial charge in [-0.15, -0.1) is 24.0 Å². The number of nitrogens with zero attached hydrogens (tertiary/aromatic N) is 3. The van der Waals surface area contributed by atoms with Gasteiger partial charge in [-0.05, 0) is 30.2 Å². The first-order valence-electron chi connectivity index (χ1n) is 8.32. The van der Waals surface area contributed by atoms with Crippen molar-refractivity contribution in [1.29, 1.82) is 0 Å². The molecule has 0 fully saturated rings. The summed E-state index contributed by atoms with van der Waals surface area (Å²) in [6.45, 7) is 1.48. The lowest BCUT2D eigenvalue weighted by molar-refractivity contribution is 0.414. The van der Waals surface area contributed by atoms with Crippen LogP contribution < -0.4 is 20.3 Å². The number of ether oxygens (including phenoxy) is 1. The van der Waals surface area contributed by atoms with Gasteiger partial charge in [-0.2, -0.15) is 0 Å². The second-order valence-electron chi connectivity index (χ2n) is 5.83. The molecule has 0 aliphatic heterocycles. The highest BCUT2D eigenvalue weighted by Gasteiger charge is 2.06. The SMILES string of the molecule is CN=C(NCCc1ccc(OC)cc1)NCc1cccnc1N(C)C.I. The zero-order chi connectivity index (χ0) is 18.1. The van der Waals surface area contributed by atoms with Crippen molar-refractivity contribution in [2.75, 3.05) is 39.7 Å². The lowest BCUT2D eigenvalue weighted by Gasteiger charge is -2.17.